The standard InChI is InChI=1S/C73H142O17P2/c1-6-10-13-16-19-22-25-26-27-28-29-30-31-32-33-36-39-42-49-54-59-73(78)89-68(62-83-70(75)56-51-46-40-37-34-23-20-17-14-11-7-2)64-87-91(79,80)85-60-67(74)61-86-92(81,82)88-65-69(63-84-71(76)57-52-47-44-43-45-50-55-66(5)9-4)90-72(77)58-53-48-41-38-35-24-21-18-15-12-8-3/h66-69,74H,6-65H2,1-5H3,(H,79,80)(H,81,82)/t66?,67-,68-,69-/m1/s1. The van der Waals surface area contributed by atoms with E-state index in [0.29, 0.717) is 25.7 Å². The Morgan fingerprint density at radius 3 is 0.772 bits per heavy atom. The molecule has 0 aliphatic rings. The normalized spacial score (nSPS) is 14.3. The largest absolute Gasteiger partial charge is 0.472 e. The first kappa shape index (κ1) is 90.1. The zero-order valence-corrected chi connectivity index (χ0v) is 61.5. The third kappa shape index (κ3) is 65.4. The molecule has 0 aliphatic heterocycles. The van der Waals surface area contributed by atoms with Crippen molar-refractivity contribution in [2.75, 3.05) is 39.6 Å². The summed E-state index contributed by atoms with van der Waals surface area (Å²) in [6.45, 7) is 7.22. The lowest BCUT2D eigenvalue weighted by Crippen LogP contribution is -2.30. The highest BCUT2D eigenvalue weighted by molar-refractivity contribution is 7.47. The highest BCUT2D eigenvalue weighted by atomic mass is 31.2. The summed E-state index contributed by atoms with van der Waals surface area (Å²) in [6, 6.07) is 0. The smallest absolute Gasteiger partial charge is 0.462 e. The summed E-state index contributed by atoms with van der Waals surface area (Å²) in [4.78, 5) is 72.6. The van der Waals surface area contributed by atoms with Crippen molar-refractivity contribution in [3.05, 3.63) is 0 Å². The Balaban J connectivity index is 5.19. The molecule has 0 aromatic rings. The second kappa shape index (κ2) is 66.3. The molecule has 0 aliphatic carbocycles. The zero-order valence-electron chi connectivity index (χ0n) is 59.7. The molecule has 0 saturated heterocycles. The number of aliphatic hydroxyl groups excluding tert-OH is 1. The van der Waals surface area contributed by atoms with Crippen LogP contribution in [0.5, 0.6) is 0 Å². The van der Waals surface area contributed by atoms with Crippen molar-refractivity contribution in [2.45, 2.75) is 400 Å². The van der Waals surface area contributed by atoms with Crippen LogP contribution in [0.2, 0.25) is 0 Å². The average molecular weight is 1350 g/mol. The Bertz CT molecular complexity index is 1770. The Hall–Kier alpha value is -1.94. The van der Waals surface area contributed by atoms with Gasteiger partial charge in [-0.25, -0.2) is 9.13 Å². The molecule has 3 unspecified atom stereocenters. The fourth-order valence-corrected chi connectivity index (χ4v) is 12.7. The Morgan fingerprint density at radius 2 is 0.522 bits per heavy atom. The van der Waals surface area contributed by atoms with Crippen molar-refractivity contribution in [2.24, 2.45) is 5.92 Å². The second-order valence-electron chi connectivity index (χ2n) is 26.6. The maximum absolute atomic E-state index is 13.0. The van der Waals surface area contributed by atoms with E-state index in [1.54, 1.807) is 0 Å². The van der Waals surface area contributed by atoms with Gasteiger partial charge in [-0.1, -0.05) is 330 Å². The molecule has 92 heavy (non-hydrogen) atoms. The molecule has 3 N–H and O–H groups in total. The number of phosphoric ester groups is 2. The van der Waals surface area contributed by atoms with E-state index in [4.69, 9.17) is 37.0 Å². The molecule has 0 radical (unpaired) electrons. The molecule has 0 aromatic carbocycles. The maximum Gasteiger partial charge on any atom is 0.472 e. The van der Waals surface area contributed by atoms with Gasteiger partial charge in [0.2, 0.25) is 0 Å². The number of carbonyl (C=O) groups excluding carboxylic acids is 4. The minimum Gasteiger partial charge on any atom is -0.462 e. The predicted molar refractivity (Wildman–Crippen MR) is 372 cm³/mol. The van der Waals surface area contributed by atoms with Crippen LogP contribution in [-0.2, 0) is 65.4 Å². The number of hydrogen-bond donors (Lipinski definition) is 3. The maximum atomic E-state index is 13.0. The fraction of sp³-hybridized carbons (Fsp3) is 0.945. The molecule has 546 valence electrons. The quantitative estimate of drug-likeness (QED) is 0.0222. The molecule has 0 amide bonds. The molecule has 19 heteroatoms. The molecule has 0 bridgehead atoms. The zero-order chi connectivity index (χ0) is 67.7. The van der Waals surface area contributed by atoms with Crippen LogP contribution in [0.15, 0.2) is 0 Å². The number of rotatable bonds is 73. The Kier molecular flexibility index (Phi) is 64.9. The molecular formula is C73H142O17P2. The number of unbranched alkanes of at least 4 members (excludes halogenated alkanes) is 44. The number of phosphoric acid groups is 2. The number of esters is 4. The first-order valence-corrected chi connectivity index (χ1v) is 41.2. The molecule has 0 saturated carbocycles. The summed E-state index contributed by atoms with van der Waals surface area (Å²) in [6.07, 6.45) is 54.1. The molecule has 0 rings (SSSR count). The summed E-state index contributed by atoms with van der Waals surface area (Å²) in [5.74, 6) is -1.39. The van der Waals surface area contributed by atoms with Gasteiger partial charge in [-0.3, -0.25) is 37.3 Å². The van der Waals surface area contributed by atoms with Gasteiger partial charge in [0.1, 0.15) is 19.3 Å². The fourth-order valence-electron chi connectivity index (χ4n) is 11.1. The first-order valence-electron chi connectivity index (χ1n) is 38.2. The van der Waals surface area contributed by atoms with Crippen molar-refractivity contribution < 1.29 is 80.2 Å². The van der Waals surface area contributed by atoms with Crippen molar-refractivity contribution >= 4 is 39.5 Å². The number of ether oxygens (including phenoxy) is 4. The number of carbonyl (C=O) groups is 4. The van der Waals surface area contributed by atoms with Crippen molar-refractivity contribution in [1.82, 2.24) is 0 Å². The monoisotopic (exact) mass is 1350 g/mol. The van der Waals surface area contributed by atoms with Gasteiger partial charge in [-0.15, -0.1) is 0 Å². The molecular weight excluding hydrogens is 1210 g/mol. The van der Waals surface area contributed by atoms with Crippen LogP contribution < -0.4 is 0 Å². The lowest BCUT2D eigenvalue weighted by atomic mass is 10.00. The van der Waals surface area contributed by atoms with Crippen LogP contribution in [0.1, 0.15) is 381 Å². The van der Waals surface area contributed by atoms with Gasteiger partial charge in [0.25, 0.3) is 0 Å². The van der Waals surface area contributed by atoms with E-state index in [1.807, 2.05) is 0 Å². The van der Waals surface area contributed by atoms with Crippen molar-refractivity contribution in [3.63, 3.8) is 0 Å². The molecule has 0 fully saturated rings. The summed E-state index contributed by atoms with van der Waals surface area (Å²) in [7, 11) is -9.90. The van der Waals surface area contributed by atoms with Crippen molar-refractivity contribution in [1.29, 1.82) is 0 Å². The summed E-state index contributed by atoms with van der Waals surface area (Å²) in [5, 5.41) is 10.6. The van der Waals surface area contributed by atoms with Crippen LogP contribution >= 0.6 is 15.6 Å². The van der Waals surface area contributed by atoms with Gasteiger partial charge in [0, 0.05) is 25.7 Å². The highest BCUT2D eigenvalue weighted by Gasteiger charge is 2.30. The van der Waals surface area contributed by atoms with E-state index < -0.39 is 97.5 Å². The average Bonchev–Trinajstić information content (AvgIpc) is 1.92. The lowest BCUT2D eigenvalue weighted by molar-refractivity contribution is -0.161. The van der Waals surface area contributed by atoms with Gasteiger partial charge in [-0.2, -0.15) is 0 Å². The number of aliphatic hydroxyl groups is 1. The minimum atomic E-state index is -4.95. The molecule has 0 spiro atoms. The topological polar surface area (TPSA) is 237 Å². The molecule has 0 heterocycles. The summed E-state index contributed by atoms with van der Waals surface area (Å²) >= 11 is 0. The first-order chi connectivity index (χ1) is 44.6. The molecule has 6 atom stereocenters. The SMILES string of the molecule is CCCCCCCCCCCCCCCCCCCCCCC(=O)O[C@H](COC(=O)CCCCCCCCCCCCC)COP(=O)(O)OC[C@@H](O)COP(=O)(O)OC[C@@H](COC(=O)CCCCCCCCC(C)CC)OC(=O)CCCCCCCCCCCCC. The van der Waals surface area contributed by atoms with Crippen LogP contribution in [0.25, 0.3) is 0 Å². The van der Waals surface area contributed by atoms with E-state index >= 15 is 0 Å². The summed E-state index contributed by atoms with van der Waals surface area (Å²) in [5.41, 5.74) is 0. The van der Waals surface area contributed by atoms with Crippen LogP contribution in [0.3, 0.4) is 0 Å². The van der Waals surface area contributed by atoms with Gasteiger partial charge in [0.15, 0.2) is 12.2 Å². The van der Waals surface area contributed by atoms with E-state index in [0.717, 1.165) is 102 Å². The van der Waals surface area contributed by atoms with E-state index in [2.05, 4.69) is 34.6 Å². The third-order valence-electron chi connectivity index (χ3n) is 17.4. The van der Waals surface area contributed by atoms with Crippen LogP contribution in [0.4, 0.5) is 0 Å². The Labute approximate surface area is 562 Å². The van der Waals surface area contributed by atoms with E-state index in [1.165, 1.54) is 199 Å². The predicted octanol–water partition coefficient (Wildman–Crippen LogP) is 21.3. The molecule has 17 nitrogen and oxygen atoms in total. The second-order valence-corrected chi connectivity index (χ2v) is 29.5. The highest BCUT2D eigenvalue weighted by Crippen LogP contribution is 2.45. The van der Waals surface area contributed by atoms with Crippen molar-refractivity contribution in [3.8, 4) is 0 Å². The number of hydrogen-bond acceptors (Lipinski definition) is 15. The van der Waals surface area contributed by atoms with Crippen LogP contribution in [-0.4, -0.2) is 96.7 Å². The van der Waals surface area contributed by atoms with E-state index in [9.17, 15) is 43.2 Å². The van der Waals surface area contributed by atoms with Gasteiger partial charge < -0.3 is 33.8 Å². The van der Waals surface area contributed by atoms with Gasteiger partial charge in [0.05, 0.1) is 26.4 Å². The van der Waals surface area contributed by atoms with Crippen LogP contribution in [0, 0.1) is 5.92 Å². The molecule has 0 aromatic heterocycles. The third-order valence-corrected chi connectivity index (χ3v) is 19.3. The Morgan fingerprint density at radius 1 is 0.304 bits per heavy atom. The lowest BCUT2D eigenvalue weighted by Gasteiger charge is -2.21. The summed E-state index contributed by atoms with van der Waals surface area (Å²) < 4.78 is 68.3. The van der Waals surface area contributed by atoms with Gasteiger partial charge in [-0.05, 0) is 31.6 Å². The van der Waals surface area contributed by atoms with Gasteiger partial charge >= 0.3 is 39.5 Å². The van der Waals surface area contributed by atoms with E-state index in [-0.39, 0.29) is 25.7 Å². The minimum absolute atomic E-state index is 0.106.